The van der Waals surface area contributed by atoms with Gasteiger partial charge >= 0.3 is 5.97 Å². The molecule has 0 radical (unpaired) electrons. The van der Waals surface area contributed by atoms with Gasteiger partial charge in [0.15, 0.2) is 0 Å². The first kappa shape index (κ1) is 14.1. The van der Waals surface area contributed by atoms with E-state index in [4.69, 9.17) is 5.11 Å². The second kappa shape index (κ2) is 6.74. The lowest BCUT2D eigenvalue weighted by Crippen LogP contribution is -2.09. The highest BCUT2D eigenvalue weighted by atomic mass is 16.4. The fraction of sp³-hybridized carbons (Fsp3) is 0.588. The summed E-state index contributed by atoms with van der Waals surface area (Å²) in [5, 5.41) is 9.08. The molecule has 1 N–H and O–H groups in total. The van der Waals surface area contributed by atoms with Crippen LogP contribution in [0.1, 0.15) is 68.1 Å². The Balaban J connectivity index is 2.17. The van der Waals surface area contributed by atoms with Gasteiger partial charge in [0.25, 0.3) is 0 Å². The molecule has 0 aliphatic heterocycles. The van der Waals surface area contributed by atoms with Crippen LogP contribution in [0.4, 0.5) is 0 Å². The lowest BCUT2D eigenvalue weighted by atomic mass is 9.85. The minimum Gasteiger partial charge on any atom is -0.481 e. The fourth-order valence-electron chi connectivity index (χ4n) is 3.06. The van der Waals surface area contributed by atoms with E-state index in [1.165, 1.54) is 36.0 Å². The van der Waals surface area contributed by atoms with Gasteiger partial charge in [-0.25, -0.2) is 0 Å². The molecular formula is C17H24O2. The number of aryl methyl sites for hydroxylation is 2. The lowest BCUT2D eigenvalue weighted by Gasteiger charge is -2.20. The number of rotatable bonds is 6. The van der Waals surface area contributed by atoms with Gasteiger partial charge in [-0.15, -0.1) is 0 Å². The van der Waals surface area contributed by atoms with Gasteiger partial charge in [0.05, 0.1) is 6.42 Å². The van der Waals surface area contributed by atoms with Crippen LogP contribution in [0.3, 0.4) is 0 Å². The molecule has 1 aromatic carbocycles. The molecule has 1 unspecified atom stereocenters. The average Bonchev–Trinajstić information content (AvgIpc) is 2.42. The standard InChI is InChI=1S/C17H24O2/c1-2-3-6-15(12-17(18)19)16-10-9-13-7-4-5-8-14(13)11-16/h9-11,15H,2-8,12H2,1H3,(H,18,19). The van der Waals surface area contributed by atoms with Gasteiger partial charge < -0.3 is 5.11 Å². The van der Waals surface area contributed by atoms with Crippen LogP contribution in [0.5, 0.6) is 0 Å². The maximum Gasteiger partial charge on any atom is 0.303 e. The molecule has 1 aromatic rings. The fourth-order valence-corrected chi connectivity index (χ4v) is 3.06. The Bertz CT molecular complexity index is 437. The molecule has 0 saturated heterocycles. The maximum absolute atomic E-state index is 11.0. The van der Waals surface area contributed by atoms with E-state index in [-0.39, 0.29) is 12.3 Å². The molecule has 0 bridgehead atoms. The van der Waals surface area contributed by atoms with Crippen LogP contribution < -0.4 is 0 Å². The third-order valence-electron chi connectivity index (χ3n) is 4.17. The predicted octanol–water partition coefficient (Wildman–Crippen LogP) is 4.31. The average molecular weight is 260 g/mol. The highest BCUT2D eigenvalue weighted by Gasteiger charge is 2.17. The topological polar surface area (TPSA) is 37.3 Å². The van der Waals surface area contributed by atoms with Crippen molar-refractivity contribution in [1.82, 2.24) is 0 Å². The predicted molar refractivity (Wildman–Crippen MR) is 77.6 cm³/mol. The summed E-state index contributed by atoms with van der Waals surface area (Å²) >= 11 is 0. The van der Waals surface area contributed by atoms with Gasteiger partial charge in [-0.2, -0.15) is 0 Å². The van der Waals surface area contributed by atoms with Crippen LogP contribution in [0, 0.1) is 0 Å². The molecule has 0 spiro atoms. The van der Waals surface area contributed by atoms with Gasteiger partial charge in [0.2, 0.25) is 0 Å². The summed E-state index contributed by atoms with van der Waals surface area (Å²) in [6.07, 6.45) is 8.40. The van der Waals surface area contributed by atoms with Crippen LogP contribution in [-0.4, -0.2) is 11.1 Å². The van der Waals surface area contributed by atoms with Gasteiger partial charge in [0.1, 0.15) is 0 Å². The van der Waals surface area contributed by atoms with Crippen molar-refractivity contribution in [2.45, 2.75) is 64.2 Å². The Hall–Kier alpha value is -1.31. The van der Waals surface area contributed by atoms with Gasteiger partial charge in [0, 0.05) is 0 Å². The van der Waals surface area contributed by atoms with Gasteiger partial charge in [-0.3, -0.25) is 4.79 Å². The molecule has 104 valence electrons. The normalized spacial score (nSPS) is 15.8. The monoisotopic (exact) mass is 260 g/mol. The highest BCUT2D eigenvalue weighted by Crippen LogP contribution is 2.30. The molecule has 2 rings (SSSR count). The number of carboxylic acids is 1. The molecule has 0 fully saturated rings. The molecule has 1 atom stereocenters. The van der Waals surface area contributed by atoms with Crippen molar-refractivity contribution in [2.75, 3.05) is 0 Å². The summed E-state index contributed by atoms with van der Waals surface area (Å²) in [4.78, 5) is 11.0. The largest absolute Gasteiger partial charge is 0.481 e. The summed E-state index contributed by atoms with van der Waals surface area (Å²) in [6.45, 7) is 2.16. The molecule has 2 nitrogen and oxygen atoms in total. The first-order valence-electron chi connectivity index (χ1n) is 7.54. The minimum absolute atomic E-state index is 0.185. The van der Waals surface area contributed by atoms with Crippen LogP contribution >= 0.6 is 0 Å². The molecule has 19 heavy (non-hydrogen) atoms. The smallest absolute Gasteiger partial charge is 0.303 e. The van der Waals surface area contributed by atoms with E-state index in [1.54, 1.807) is 0 Å². The summed E-state index contributed by atoms with van der Waals surface area (Å²) in [6, 6.07) is 6.66. The number of carbonyl (C=O) groups is 1. The Kier molecular flexibility index (Phi) is 5.00. The Labute approximate surface area is 115 Å². The van der Waals surface area contributed by atoms with E-state index in [9.17, 15) is 4.79 Å². The molecule has 0 aromatic heterocycles. The Morgan fingerprint density at radius 1 is 1.26 bits per heavy atom. The minimum atomic E-state index is -0.682. The van der Waals surface area contributed by atoms with Crippen molar-refractivity contribution in [3.63, 3.8) is 0 Å². The van der Waals surface area contributed by atoms with Crippen molar-refractivity contribution in [3.8, 4) is 0 Å². The summed E-state index contributed by atoms with van der Waals surface area (Å²) in [5.41, 5.74) is 4.16. The van der Waals surface area contributed by atoms with E-state index >= 15 is 0 Å². The second-order valence-electron chi connectivity index (χ2n) is 5.67. The Morgan fingerprint density at radius 2 is 2.00 bits per heavy atom. The summed E-state index contributed by atoms with van der Waals surface area (Å²) in [5.74, 6) is -0.497. The van der Waals surface area contributed by atoms with Gasteiger partial charge in [-0.1, -0.05) is 38.0 Å². The number of hydrogen-bond donors (Lipinski definition) is 1. The van der Waals surface area contributed by atoms with E-state index < -0.39 is 5.97 Å². The SMILES string of the molecule is CCCCC(CC(=O)O)c1ccc2c(c1)CCCC2. The highest BCUT2D eigenvalue weighted by molar-refractivity contribution is 5.68. The summed E-state index contributed by atoms with van der Waals surface area (Å²) in [7, 11) is 0. The van der Waals surface area contributed by atoms with Crippen molar-refractivity contribution in [1.29, 1.82) is 0 Å². The molecule has 2 heteroatoms. The number of hydrogen-bond acceptors (Lipinski definition) is 1. The number of aliphatic carboxylic acids is 1. The van der Waals surface area contributed by atoms with Crippen LogP contribution in [0.15, 0.2) is 18.2 Å². The number of fused-ring (bicyclic) bond motifs is 1. The first-order valence-corrected chi connectivity index (χ1v) is 7.54. The Morgan fingerprint density at radius 3 is 2.68 bits per heavy atom. The quantitative estimate of drug-likeness (QED) is 0.827. The van der Waals surface area contributed by atoms with E-state index in [1.807, 2.05) is 0 Å². The molecule has 0 saturated carbocycles. The zero-order valence-electron chi connectivity index (χ0n) is 11.8. The van der Waals surface area contributed by atoms with E-state index in [2.05, 4.69) is 25.1 Å². The summed E-state index contributed by atoms with van der Waals surface area (Å²) < 4.78 is 0. The van der Waals surface area contributed by atoms with Crippen LogP contribution in [0.25, 0.3) is 0 Å². The van der Waals surface area contributed by atoms with Gasteiger partial charge in [-0.05, 0) is 54.7 Å². The third kappa shape index (κ3) is 3.82. The van der Waals surface area contributed by atoms with Crippen molar-refractivity contribution >= 4 is 5.97 Å². The van der Waals surface area contributed by atoms with Crippen molar-refractivity contribution in [2.24, 2.45) is 0 Å². The number of unbranched alkanes of at least 4 members (excludes halogenated alkanes) is 1. The zero-order chi connectivity index (χ0) is 13.7. The molecule has 1 aliphatic carbocycles. The van der Waals surface area contributed by atoms with Crippen LogP contribution in [-0.2, 0) is 17.6 Å². The molecule has 0 amide bonds. The second-order valence-corrected chi connectivity index (χ2v) is 5.67. The van der Waals surface area contributed by atoms with Crippen molar-refractivity contribution in [3.05, 3.63) is 34.9 Å². The third-order valence-corrected chi connectivity index (χ3v) is 4.17. The molecule has 1 aliphatic rings. The lowest BCUT2D eigenvalue weighted by molar-refractivity contribution is -0.137. The van der Waals surface area contributed by atoms with Crippen molar-refractivity contribution < 1.29 is 9.90 Å². The number of benzene rings is 1. The molecule has 0 heterocycles. The maximum atomic E-state index is 11.0. The van der Waals surface area contributed by atoms with E-state index in [0.29, 0.717) is 0 Å². The molecular weight excluding hydrogens is 236 g/mol. The van der Waals surface area contributed by atoms with Crippen LogP contribution in [0.2, 0.25) is 0 Å². The number of carboxylic acid groups (broad SMARTS) is 1. The van der Waals surface area contributed by atoms with E-state index in [0.717, 1.165) is 25.7 Å². The zero-order valence-corrected chi connectivity index (χ0v) is 11.8. The first-order chi connectivity index (χ1) is 9.20.